The summed E-state index contributed by atoms with van der Waals surface area (Å²) in [7, 11) is 4.51. The number of esters is 2. The molecule has 93 heavy (non-hydrogen) atoms. The number of carbonyl (C=O) groups is 6. The van der Waals surface area contributed by atoms with Gasteiger partial charge in [0.05, 0.1) is 44.1 Å². The molecule has 0 aromatic heterocycles. The van der Waals surface area contributed by atoms with Crippen molar-refractivity contribution in [2.24, 2.45) is 29.6 Å². The van der Waals surface area contributed by atoms with Crippen molar-refractivity contribution in [1.82, 2.24) is 10.2 Å². The number of methoxy groups -OCH3 is 3. The molecule has 24 atom stereocenters. The number of piperidine rings is 1. The van der Waals surface area contributed by atoms with Crippen molar-refractivity contribution in [2.75, 3.05) is 54.2 Å². The third-order valence-corrected chi connectivity index (χ3v) is 19.3. The van der Waals surface area contributed by atoms with Gasteiger partial charge in [-0.05, 0) is 108 Å². The summed E-state index contributed by atoms with van der Waals surface area (Å²) in [4.78, 5) is 84.9. The number of cyclic esters (lactones) is 1. The van der Waals surface area contributed by atoms with E-state index in [4.69, 9.17) is 47.4 Å². The minimum atomic E-state index is -2.58. The number of aliphatic hydroxyl groups is 9. The Kier molecular flexibility index (Phi) is 30.9. The Morgan fingerprint density at radius 2 is 1.44 bits per heavy atom. The molecular weight excluding hydrogens is 1220 g/mol. The van der Waals surface area contributed by atoms with Gasteiger partial charge in [-0.3, -0.25) is 24.0 Å². The first-order chi connectivity index (χ1) is 44.2. The molecule has 2 bridgehead atoms. The Hall–Kier alpha value is -4.24. The average molecular weight is 1330 g/mol. The summed E-state index contributed by atoms with van der Waals surface area (Å²) in [5.74, 6) is -9.54. The summed E-state index contributed by atoms with van der Waals surface area (Å²) in [5.41, 5.74) is 1.45. The second kappa shape index (κ2) is 36.9. The summed E-state index contributed by atoms with van der Waals surface area (Å²) in [5, 5.41) is 98.7. The lowest BCUT2D eigenvalue weighted by Gasteiger charge is -2.47. The third kappa shape index (κ3) is 20.4. The molecule has 6 aliphatic rings. The molecule has 27 nitrogen and oxygen atoms in total. The molecule has 27 heteroatoms. The van der Waals surface area contributed by atoms with Crippen molar-refractivity contribution in [3.8, 4) is 0 Å². The van der Waals surface area contributed by atoms with E-state index >= 15 is 0 Å². The first-order valence-electron chi connectivity index (χ1n) is 33.1. The molecule has 0 aromatic carbocycles. The van der Waals surface area contributed by atoms with Gasteiger partial charge in [-0.2, -0.15) is 0 Å². The molecule has 530 valence electrons. The fraction of sp³-hybridized carbons (Fsp3) is 0.818. The number of amides is 2. The number of nitrogens with one attached hydrogen (secondary N) is 1. The van der Waals surface area contributed by atoms with Gasteiger partial charge in [0.15, 0.2) is 12.6 Å². The molecule has 10 N–H and O–H groups in total. The van der Waals surface area contributed by atoms with Crippen LogP contribution >= 0.6 is 0 Å². The van der Waals surface area contributed by atoms with E-state index in [1.54, 1.807) is 26.8 Å². The van der Waals surface area contributed by atoms with Crippen LogP contribution in [0.25, 0.3) is 0 Å². The minimum absolute atomic E-state index is 0.0156. The number of unbranched alkanes of at least 4 members (excludes halogenated alkanes) is 3. The van der Waals surface area contributed by atoms with Crippen LogP contribution in [0, 0.1) is 29.6 Å². The van der Waals surface area contributed by atoms with Gasteiger partial charge in [-0.15, -0.1) is 6.58 Å². The third-order valence-electron chi connectivity index (χ3n) is 19.3. The van der Waals surface area contributed by atoms with E-state index in [0.29, 0.717) is 89.2 Å². The van der Waals surface area contributed by atoms with Crippen LogP contribution in [0.1, 0.15) is 144 Å². The summed E-state index contributed by atoms with van der Waals surface area (Å²) < 4.78 is 58.4. The molecule has 0 spiro atoms. The molecule has 5 aliphatic heterocycles. The molecule has 5 fully saturated rings. The second-order valence-corrected chi connectivity index (χ2v) is 26.4. The lowest BCUT2D eigenvalue weighted by Crippen LogP contribution is -2.64. The molecule has 6 rings (SSSR count). The summed E-state index contributed by atoms with van der Waals surface area (Å²) in [6.07, 6.45) is -10.3. The van der Waals surface area contributed by atoms with Gasteiger partial charge in [0, 0.05) is 71.6 Å². The molecular formula is C66H106N2O25. The van der Waals surface area contributed by atoms with Crippen LogP contribution in [0.3, 0.4) is 0 Å². The van der Waals surface area contributed by atoms with E-state index < -0.39 is 171 Å². The van der Waals surface area contributed by atoms with Crippen LogP contribution in [0.2, 0.25) is 0 Å². The topological polar surface area (TPSA) is 392 Å². The Bertz CT molecular complexity index is 2500. The van der Waals surface area contributed by atoms with Crippen molar-refractivity contribution in [1.29, 1.82) is 0 Å². The molecule has 0 aromatic rings. The van der Waals surface area contributed by atoms with Gasteiger partial charge in [0.1, 0.15) is 79.0 Å². The lowest BCUT2D eigenvalue weighted by atomic mass is 9.81. The fourth-order valence-corrected chi connectivity index (χ4v) is 13.8. The molecule has 5 heterocycles. The summed E-state index contributed by atoms with van der Waals surface area (Å²) in [6, 6.07) is -1.24. The average Bonchev–Trinajstić information content (AvgIpc) is 1.05. The van der Waals surface area contributed by atoms with E-state index in [1.807, 2.05) is 26.0 Å². The van der Waals surface area contributed by atoms with E-state index in [2.05, 4.69) is 11.9 Å². The molecule has 15 unspecified atom stereocenters. The van der Waals surface area contributed by atoms with Crippen molar-refractivity contribution >= 4 is 35.3 Å². The number of nitrogens with zero attached hydrogens (tertiary/aromatic N) is 1. The molecule has 4 saturated heterocycles. The van der Waals surface area contributed by atoms with Gasteiger partial charge < -0.3 is 104 Å². The van der Waals surface area contributed by atoms with Crippen LogP contribution in [0.15, 0.2) is 36.0 Å². The fourth-order valence-electron chi connectivity index (χ4n) is 13.8. The van der Waals surface area contributed by atoms with Gasteiger partial charge in [-0.25, -0.2) is 4.79 Å². The van der Waals surface area contributed by atoms with Crippen molar-refractivity contribution < 1.29 is 122 Å². The number of aliphatic hydroxyl groups excluding tert-OH is 8. The zero-order valence-corrected chi connectivity index (χ0v) is 55.3. The Morgan fingerprint density at radius 3 is 2.12 bits per heavy atom. The highest BCUT2D eigenvalue weighted by molar-refractivity contribution is 6.39. The van der Waals surface area contributed by atoms with Gasteiger partial charge in [0.25, 0.3) is 11.7 Å². The largest absolute Gasteiger partial charge is 0.460 e. The molecule has 2 amide bonds. The first kappa shape index (κ1) is 77.8. The molecule has 1 aliphatic carbocycles. The van der Waals surface area contributed by atoms with Crippen molar-refractivity contribution in [3.05, 3.63) is 36.0 Å². The zero-order valence-electron chi connectivity index (χ0n) is 55.3. The molecule has 1 saturated carbocycles. The predicted molar refractivity (Wildman–Crippen MR) is 330 cm³/mol. The normalized spacial score (nSPS) is 39.6. The number of hydrogen-bond donors (Lipinski definition) is 10. The number of carbonyl (C=O) groups excluding carboxylic acids is 6. The SMILES string of the molecule is C=CCC1/C=C(\C)C[C@@H](C)C[C@H](OC)[C@H]2O[C@@](O)(C(=O)C(=O)N3CCCCC3C(=O)O[C@H](/C(C)=C/C3CCC(OC(=O)CCC(=O)NCCCCCCOC4OC(CO)C(OC5OC(CO)C(O)C(O)C5O)C(O)C4O)[C@H](OC)C3)[C@H](C)[C@H](O)CC1=O)[C@H](C)CC2OC. The maximum Gasteiger partial charge on any atom is 0.329 e. The minimum Gasteiger partial charge on any atom is -0.460 e. The number of ether oxygens (including phenoxy) is 10. The lowest BCUT2D eigenvalue weighted by molar-refractivity contribution is -0.359. The van der Waals surface area contributed by atoms with E-state index in [0.717, 1.165) is 10.5 Å². The van der Waals surface area contributed by atoms with Crippen molar-refractivity contribution in [3.63, 3.8) is 0 Å². The molecule has 0 radical (unpaired) electrons. The van der Waals surface area contributed by atoms with E-state index in [-0.39, 0.29) is 68.8 Å². The zero-order chi connectivity index (χ0) is 68.4. The van der Waals surface area contributed by atoms with Gasteiger partial charge in [0.2, 0.25) is 11.7 Å². The maximum absolute atomic E-state index is 14.7. The Balaban J connectivity index is 1.02. The number of allylic oxidation sites excluding steroid dienone is 4. The quantitative estimate of drug-likeness (QED) is 0.0298. The standard InChI is InChI=1S/C66H106N2O25/c1-10-17-41-27-35(2)26-36(3)28-47(85-8)59-48(86-9)30-38(5)66(83,93-59)61(80)62(81)68-24-15-13-18-42(68)63(82)91-58(39(6)43(71)32-44(41)72)37(4)29-40-19-20-45(46(31-40)84-7)88-52(74)22-21-51(73)67-23-14-11-12-16-25-87-64-57(79)55(77)60(50(34-70)90-64)92-65-56(78)54(76)53(75)49(33-69)89-65/h10,27,29,36,38-43,45-50,53-60,64-65,69-71,75-79,83H,1,11-26,28,30-34H2,2-9H3,(H,67,73)/b35-27+,37-29+/t36-,38-,39-,40?,41?,42?,43-,45?,46-,47+,48?,49?,50?,53?,54?,55?,56?,57?,58-,59-,60?,64?,65?,66-/m1/s1. The highest BCUT2D eigenvalue weighted by Crippen LogP contribution is 2.40. The predicted octanol–water partition coefficient (Wildman–Crippen LogP) is 1.29. The smallest absolute Gasteiger partial charge is 0.329 e. The van der Waals surface area contributed by atoms with Gasteiger partial charge >= 0.3 is 11.9 Å². The Labute approximate surface area is 545 Å². The first-order valence-corrected chi connectivity index (χ1v) is 33.1. The number of rotatable bonds is 23. The van der Waals surface area contributed by atoms with E-state index in [1.165, 1.54) is 21.3 Å². The summed E-state index contributed by atoms with van der Waals surface area (Å²) >= 11 is 0. The van der Waals surface area contributed by atoms with Crippen LogP contribution in [0.4, 0.5) is 0 Å². The van der Waals surface area contributed by atoms with Crippen LogP contribution in [-0.4, -0.2) is 256 Å². The number of ketones is 2. The van der Waals surface area contributed by atoms with Crippen LogP contribution in [-0.2, 0) is 76.1 Å². The Morgan fingerprint density at radius 1 is 0.774 bits per heavy atom. The number of hydrogen-bond acceptors (Lipinski definition) is 25. The number of Topliss-reactive ketones (excluding diaryl/α,β-unsaturated/α-hetero) is 2. The highest BCUT2D eigenvalue weighted by atomic mass is 16.7. The van der Waals surface area contributed by atoms with E-state index in [9.17, 15) is 74.7 Å². The maximum atomic E-state index is 14.7. The monoisotopic (exact) mass is 1330 g/mol. The van der Waals surface area contributed by atoms with Crippen LogP contribution in [0.5, 0.6) is 0 Å². The second-order valence-electron chi connectivity index (χ2n) is 26.4. The number of fused-ring (bicyclic) bond motifs is 3. The van der Waals surface area contributed by atoms with Gasteiger partial charge in [-0.1, -0.05) is 57.4 Å². The van der Waals surface area contributed by atoms with Crippen molar-refractivity contribution in [2.45, 2.75) is 260 Å². The highest BCUT2D eigenvalue weighted by Gasteiger charge is 2.57. The van der Waals surface area contributed by atoms with Crippen LogP contribution < -0.4 is 5.32 Å². The summed E-state index contributed by atoms with van der Waals surface area (Å²) in [6.45, 7) is 11.9.